The van der Waals surface area contributed by atoms with Crippen molar-refractivity contribution in [3.05, 3.63) is 0 Å². The van der Waals surface area contributed by atoms with Crippen molar-refractivity contribution in [3.8, 4) is 0 Å². The third-order valence-corrected chi connectivity index (χ3v) is 0.936. The Balaban J connectivity index is 0. The number of hydrogen-bond acceptors (Lipinski definition) is 1. The van der Waals surface area contributed by atoms with Crippen molar-refractivity contribution in [1.82, 2.24) is 0 Å². The van der Waals surface area contributed by atoms with Crippen molar-refractivity contribution >= 4 is 29.9 Å². The molecule has 9 heavy (non-hydrogen) atoms. The van der Waals surface area contributed by atoms with E-state index in [1.165, 1.54) is 0 Å². The van der Waals surface area contributed by atoms with E-state index in [0.29, 0.717) is 12.3 Å². The van der Waals surface area contributed by atoms with Gasteiger partial charge in [0, 0.05) is 6.42 Å². The summed E-state index contributed by atoms with van der Waals surface area (Å²) in [5.74, 6) is -0.190. The van der Waals surface area contributed by atoms with Gasteiger partial charge in [-0.1, -0.05) is 13.8 Å². The molecule has 0 saturated heterocycles. The van der Waals surface area contributed by atoms with Crippen molar-refractivity contribution in [2.75, 3.05) is 0 Å². The average molecular weight is 237 g/mol. The van der Waals surface area contributed by atoms with E-state index >= 15 is 0 Å². The van der Waals surface area contributed by atoms with Gasteiger partial charge in [-0.3, -0.25) is 4.79 Å². The van der Waals surface area contributed by atoms with Gasteiger partial charge in [-0.05, 0) is 12.3 Å². The van der Waals surface area contributed by atoms with Gasteiger partial charge in [0.1, 0.15) is 0 Å². The maximum absolute atomic E-state index is 9.90. The summed E-state index contributed by atoms with van der Waals surface area (Å²) in [6.07, 6.45) is 1.09. The van der Waals surface area contributed by atoms with E-state index in [9.17, 15) is 4.79 Å². The fourth-order valence-corrected chi connectivity index (χ4v) is 0.412. The van der Waals surface area contributed by atoms with Gasteiger partial charge in [0.15, 0.2) is 0 Å². The molecule has 2 nitrogen and oxygen atoms in total. The summed E-state index contributed by atoms with van der Waals surface area (Å²) in [5, 5.41) is 8.16. The average Bonchev–Trinajstić information content (AvgIpc) is 1.61. The Morgan fingerprint density at radius 1 is 1.56 bits per heavy atom. The van der Waals surface area contributed by atoms with E-state index in [-0.39, 0.29) is 23.9 Å². The monoisotopic (exact) mass is 238 g/mol. The zero-order chi connectivity index (χ0) is 6.57. The molecule has 0 amide bonds. The molecule has 0 fully saturated rings. The summed E-state index contributed by atoms with van der Waals surface area (Å²) in [4.78, 5) is 9.90. The molecule has 0 aliphatic carbocycles. The number of carbonyl (C=O) groups is 1. The first kappa shape index (κ1) is 12.0. The second-order valence-electron chi connectivity index (χ2n) is 2.33. The van der Waals surface area contributed by atoms with E-state index in [0.717, 1.165) is 6.42 Å². The van der Waals surface area contributed by atoms with Crippen LogP contribution in [-0.2, 0) is 4.79 Å². The molecule has 2 radical (unpaired) electrons. The molecule has 0 aromatic heterocycles. The Hall–Kier alpha value is 0.269. The molecule has 0 bridgehead atoms. The normalized spacial score (nSPS) is 8.78. The first-order chi connectivity index (χ1) is 3.63. The van der Waals surface area contributed by atoms with Crippen LogP contribution in [0.25, 0.3) is 0 Å². The van der Waals surface area contributed by atoms with Crippen molar-refractivity contribution < 1.29 is 9.90 Å². The van der Waals surface area contributed by atoms with Gasteiger partial charge in [-0.2, -0.15) is 0 Å². The summed E-state index contributed by atoms with van der Waals surface area (Å²) >= 11 is 0. The van der Waals surface area contributed by atoms with Crippen LogP contribution in [0.1, 0.15) is 26.7 Å². The minimum atomic E-state index is -0.696. The molecule has 1 N–H and O–H groups in total. The molecule has 0 rings (SSSR count). The fraction of sp³-hybridized carbons (Fsp3) is 0.833. The Morgan fingerprint density at radius 3 is 2.11 bits per heavy atom. The maximum atomic E-state index is 9.90. The first-order valence-corrected chi connectivity index (χ1v) is 2.84. The van der Waals surface area contributed by atoms with Crippen LogP contribution in [0.3, 0.4) is 0 Å². The van der Waals surface area contributed by atoms with Crippen LogP contribution < -0.4 is 0 Å². The molecule has 0 saturated carbocycles. The molecule has 0 aromatic carbocycles. The van der Waals surface area contributed by atoms with Crippen LogP contribution in [-0.4, -0.2) is 35.0 Å². The van der Waals surface area contributed by atoms with Crippen molar-refractivity contribution in [2.45, 2.75) is 26.7 Å². The third kappa shape index (κ3) is 11.7. The van der Waals surface area contributed by atoms with Crippen LogP contribution in [0, 0.1) is 5.92 Å². The van der Waals surface area contributed by atoms with E-state index in [1.54, 1.807) is 0 Å². The zero-order valence-electron chi connectivity index (χ0n) is 6.05. The Kier molecular flexibility index (Phi) is 8.52. The van der Waals surface area contributed by atoms with E-state index < -0.39 is 5.97 Å². The molecule has 0 aliphatic rings. The number of carboxylic acid groups (broad SMARTS) is 1. The molecule has 3 heteroatoms. The summed E-state index contributed by atoms with van der Waals surface area (Å²) in [6, 6.07) is 0. The summed E-state index contributed by atoms with van der Waals surface area (Å²) in [5.41, 5.74) is 0. The number of rotatable bonds is 3. The zero-order valence-corrected chi connectivity index (χ0v) is 10.1. The molecule has 0 atom stereocenters. The predicted molar refractivity (Wildman–Crippen MR) is 40.3 cm³/mol. The summed E-state index contributed by atoms with van der Waals surface area (Å²) < 4.78 is 0. The number of aliphatic carboxylic acids is 1. The van der Waals surface area contributed by atoms with Gasteiger partial charge in [0.2, 0.25) is 0 Å². The Labute approximate surface area is 72.6 Å². The van der Waals surface area contributed by atoms with E-state index in [1.807, 2.05) is 13.8 Å². The van der Waals surface area contributed by atoms with Crippen LogP contribution in [0.2, 0.25) is 0 Å². The van der Waals surface area contributed by atoms with Gasteiger partial charge >= 0.3 is 29.9 Å². The van der Waals surface area contributed by atoms with Gasteiger partial charge in [0.05, 0.1) is 0 Å². The minimum absolute atomic E-state index is 0. The van der Waals surface area contributed by atoms with Crippen LogP contribution in [0.15, 0.2) is 0 Å². The Bertz CT molecular complexity index is 81.1. The van der Waals surface area contributed by atoms with Gasteiger partial charge in [-0.25, -0.2) is 0 Å². The molecule has 54 valence electrons. The molecule has 0 aliphatic heterocycles. The third-order valence-electron chi connectivity index (χ3n) is 0.936. The second-order valence-corrected chi connectivity index (χ2v) is 2.33. The summed E-state index contributed by atoms with van der Waals surface area (Å²) in [6.45, 7) is 4.03. The first-order valence-electron chi connectivity index (χ1n) is 2.84. The van der Waals surface area contributed by atoms with Crippen LogP contribution >= 0.6 is 0 Å². The van der Waals surface area contributed by atoms with Crippen molar-refractivity contribution in [3.63, 3.8) is 0 Å². The van der Waals surface area contributed by atoms with E-state index in [2.05, 4.69) is 0 Å². The standard InChI is InChI=1S/C6H12O2.Sn.2H/c1-5(2)3-4-6(7)8;;;/h5H,3-4H2,1-2H3,(H,7,8);;;. The molecular formula is C6H14O2Sn. The van der Waals surface area contributed by atoms with Gasteiger partial charge in [-0.15, -0.1) is 0 Å². The molecular weight excluding hydrogens is 223 g/mol. The number of carboxylic acids is 1. The molecule has 0 aromatic rings. The Morgan fingerprint density at radius 2 is 2.00 bits per heavy atom. The molecule has 0 unspecified atom stereocenters. The summed E-state index contributed by atoms with van der Waals surface area (Å²) in [7, 11) is 0. The van der Waals surface area contributed by atoms with Crippen molar-refractivity contribution in [2.24, 2.45) is 5.92 Å². The quantitative estimate of drug-likeness (QED) is 0.729. The van der Waals surface area contributed by atoms with Crippen LogP contribution in [0.4, 0.5) is 0 Å². The number of hydrogen-bond donors (Lipinski definition) is 1. The molecule has 0 spiro atoms. The fourth-order valence-electron chi connectivity index (χ4n) is 0.412. The predicted octanol–water partition coefficient (Wildman–Crippen LogP) is 0.591. The van der Waals surface area contributed by atoms with E-state index in [4.69, 9.17) is 5.11 Å². The van der Waals surface area contributed by atoms with Gasteiger partial charge < -0.3 is 5.11 Å². The SMILES string of the molecule is CC(C)CCC(=O)O.[SnH2]. The topological polar surface area (TPSA) is 37.3 Å². The van der Waals surface area contributed by atoms with Gasteiger partial charge in [0.25, 0.3) is 0 Å². The molecule has 0 heterocycles. The van der Waals surface area contributed by atoms with Crippen LogP contribution in [0.5, 0.6) is 0 Å². The second kappa shape index (κ2) is 6.39. The van der Waals surface area contributed by atoms with Crippen molar-refractivity contribution in [1.29, 1.82) is 0 Å².